The summed E-state index contributed by atoms with van der Waals surface area (Å²) in [5.74, 6) is -0.846. The number of carbonyl (C=O) groups is 1. The summed E-state index contributed by atoms with van der Waals surface area (Å²) >= 11 is 0.959. The molecule has 4 rings (SSSR count). The fourth-order valence-corrected chi connectivity index (χ4v) is 4.03. The van der Waals surface area contributed by atoms with Crippen LogP contribution in [0.5, 0.6) is 0 Å². The van der Waals surface area contributed by atoms with E-state index in [2.05, 4.69) is 15.2 Å². The number of aliphatic carboxylic acids is 1. The number of thioether (sulfide) groups is 1. The highest BCUT2D eigenvalue weighted by Gasteiger charge is 2.16. The van der Waals surface area contributed by atoms with E-state index in [0.717, 1.165) is 28.2 Å². The largest absolute Gasteiger partial charge is 0.481 e. The van der Waals surface area contributed by atoms with Crippen LogP contribution in [0.3, 0.4) is 0 Å². The molecular weight excluding hydrogens is 417 g/mol. The number of hydrogen-bond acceptors (Lipinski definition) is 4. The Kier molecular flexibility index (Phi) is 5.34. The number of aromatic amines is 1. The summed E-state index contributed by atoms with van der Waals surface area (Å²) in [6.07, 6.45) is 1.95. The lowest BCUT2D eigenvalue weighted by atomic mass is 10.0. The SMILES string of the molecule is Cn1ccc2cc(-c3cc(-c4nc(SCC(=O)O)n[nH]4)cc(P(F)F)c3)ccc21. The van der Waals surface area contributed by atoms with Gasteiger partial charge in [-0.1, -0.05) is 17.8 Å². The highest BCUT2D eigenvalue weighted by atomic mass is 32.2. The molecule has 148 valence electrons. The standard InChI is InChI=1S/C19H15F2N4O2PS/c1-25-5-4-12-6-11(2-3-16(12)25)13-7-14(9-15(8-13)28(20)21)18-22-19(24-23-18)29-10-17(26)27/h2-9H,10H2,1H3,(H,26,27)(H,22,23,24). The van der Waals surface area contributed by atoms with Gasteiger partial charge in [-0.3, -0.25) is 9.89 Å². The van der Waals surface area contributed by atoms with Crippen molar-refractivity contribution in [3.63, 3.8) is 0 Å². The molecule has 0 saturated carbocycles. The zero-order valence-corrected chi connectivity index (χ0v) is 16.8. The van der Waals surface area contributed by atoms with Crippen LogP contribution in [-0.4, -0.2) is 36.6 Å². The van der Waals surface area contributed by atoms with Gasteiger partial charge in [-0.05, 0) is 47.5 Å². The second-order valence-corrected chi connectivity index (χ2v) is 8.28. The maximum Gasteiger partial charge on any atom is 0.313 e. The zero-order valence-electron chi connectivity index (χ0n) is 15.1. The van der Waals surface area contributed by atoms with Gasteiger partial charge in [0.2, 0.25) is 5.16 Å². The quantitative estimate of drug-likeness (QED) is 0.341. The molecule has 2 aromatic carbocycles. The Labute approximate surface area is 170 Å². The number of benzene rings is 2. The number of aromatic nitrogens is 4. The lowest BCUT2D eigenvalue weighted by Gasteiger charge is -2.08. The van der Waals surface area contributed by atoms with E-state index < -0.39 is 14.5 Å². The molecule has 0 amide bonds. The van der Waals surface area contributed by atoms with E-state index >= 15 is 0 Å². The molecular formula is C19H15F2N4O2PS. The number of nitrogens with zero attached hydrogens (tertiary/aromatic N) is 3. The van der Waals surface area contributed by atoms with Crippen molar-refractivity contribution >= 4 is 42.5 Å². The summed E-state index contributed by atoms with van der Waals surface area (Å²) in [6.45, 7) is 0. The molecule has 0 aliphatic carbocycles. The fraction of sp³-hybridized carbons (Fsp3) is 0.105. The van der Waals surface area contributed by atoms with Gasteiger partial charge in [-0.25, -0.2) is 4.98 Å². The smallest absolute Gasteiger partial charge is 0.313 e. The van der Waals surface area contributed by atoms with Crippen LogP contribution in [0.4, 0.5) is 8.39 Å². The minimum Gasteiger partial charge on any atom is -0.481 e. The molecule has 0 spiro atoms. The average molecular weight is 432 g/mol. The number of fused-ring (bicyclic) bond motifs is 1. The highest BCUT2D eigenvalue weighted by molar-refractivity contribution is 7.99. The van der Waals surface area contributed by atoms with Crippen LogP contribution >= 0.6 is 20.3 Å². The van der Waals surface area contributed by atoms with Crippen molar-refractivity contribution in [2.45, 2.75) is 5.16 Å². The van der Waals surface area contributed by atoms with Gasteiger partial charge in [0.15, 0.2) is 5.82 Å². The molecule has 4 aromatic rings. The van der Waals surface area contributed by atoms with Crippen molar-refractivity contribution in [1.82, 2.24) is 19.7 Å². The number of halogens is 2. The summed E-state index contributed by atoms with van der Waals surface area (Å²) in [5, 5.41) is 16.7. The average Bonchev–Trinajstić information content (AvgIpc) is 3.33. The van der Waals surface area contributed by atoms with Gasteiger partial charge in [0, 0.05) is 35.0 Å². The first-order valence-electron chi connectivity index (χ1n) is 8.50. The molecule has 2 N–H and O–H groups in total. The molecule has 0 aliphatic heterocycles. The van der Waals surface area contributed by atoms with Crippen molar-refractivity contribution < 1.29 is 18.3 Å². The zero-order chi connectivity index (χ0) is 20.5. The third-order valence-corrected chi connectivity index (χ3v) is 5.88. The number of nitrogens with one attached hydrogen (secondary N) is 1. The van der Waals surface area contributed by atoms with Gasteiger partial charge >= 0.3 is 5.97 Å². The highest BCUT2D eigenvalue weighted by Crippen LogP contribution is 2.40. The second-order valence-electron chi connectivity index (χ2n) is 6.35. The minimum atomic E-state index is -3.30. The molecule has 0 bridgehead atoms. The first kappa shape index (κ1) is 19.5. The Bertz CT molecular complexity index is 1210. The summed E-state index contributed by atoms with van der Waals surface area (Å²) in [4.78, 5) is 14.9. The van der Waals surface area contributed by atoms with Gasteiger partial charge in [-0.2, -0.15) is 8.39 Å². The molecule has 29 heavy (non-hydrogen) atoms. The van der Waals surface area contributed by atoms with E-state index in [-0.39, 0.29) is 16.2 Å². The van der Waals surface area contributed by atoms with E-state index in [0.29, 0.717) is 17.0 Å². The maximum atomic E-state index is 13.6. The van der Waals surface area contributed by atoms with E-state index in [1.54, 1.807) is 6.07 Å². The summed E-state index contributed by atoms with van der Waals surface area (Å²) in [6, 6.07) is 12.5. The van der Waals surface area contributed by atoms with Crippen LogP contribution in [0.1, 0.15) is 0 Å². The molecule has 0 saturated heterocycles. The third kappa shape index (κ3) is 4.16. The molecule has 0 atom stereocenters. The Morgan fingerprint density at radius 1 is 1.17 bits per heavy atom. The van der Waals surface area contributed by atoms with Gasteiger partial charge in [0.25, 0.3) is 8.54 Å². The minimum absolute atomic E-state index is 0.0585. The molecule has 0 radical (unpaired) electrons. The Balaban J connectivity index is 1.75. The van der Waals surface area contributed by atoms with E-state index in [4.69, 9.17) is 5.11 Å². The van der Waals surface area contributed by atoms with Crippen LogP contribution < -0.4 is 5.30 Å². The maximum absolute atomic E-state index is 13.6. The Morgan fingerprint density at radius 2 is 1.97 bits per heavy atom. The Morgan fingerprint density at radius 3 is 2.72 bits per heavy atom. The molecule has 0 unspecified atom stereocenters. The molecule has 10 heteroatoms. The molecule has 2 heterocycles. The van der Waals surface area contributed by atoms with Gasteiger partial charge < -0.3 is 9.67 Å². The van der Waals surface area contributed by atoms with Crippen LogP contribution in [0.15, 0.2) is 53.8 Å². The first-order valence-corrected chi connectivity index (χ1v) is 10.6. The number of H-pyrrole nitrogens is 1. The third-order valence-electron chi connectivity index (χ3n) is 4.39. The van der Waals surface area contributed by atoms with Gasteiger partial charge in [0.1, 0.15) is 0 Å². The second kappa shape index (κ2) is 7.93. The van der Waals surface area contributed by atoms with Crippen LogP contribution in [0, 0.1) is 0 Å². The normalized spacial score (nSPS) is 11.4. The number of rotatable bonds is 6. The molecule has 2 aromatic heterocycles. The van der Waals surface area contributed by atoms with Crippen molar-refractivity contribution in [3.8, 4) is 22.5 Å². The van der Waals surface area contributed by atoms with Crippen molar-refractivity contribution in [1.29, 1.82) is 0 Å². The van der Waals surface area contributed by atoms with Crippen molar-refractivity contribution in [2.75, 3.05) is 5.75 Å². The van der Waals surface area contributed by atoms with E-state index in [9.17, 15) is 13.2 Å². The summed E-state index contributed by atoms with van der Waals surface area (Å²) in [5.41, 5.74) is 3.01. The molecule has 6 nitrogen and oxygen atoms in total. The van der Waals surface area contributed by atoms with E-state index in [1.165, 1.54) is 12.1 Å². The molecule has 0 fully saturated rings. The predicted molar refractivity (Wildman–Crippen MR) is 111 cm³/mol. The van der Waals surface area contributed by atoms with Crippen molar-refractivity contribution in [3.05, 3.63) is 48.7 Å². The lowest BCUT2D eigenvalue weighted by molar-refractivity contribution is -0.133. The number of hydrogen-bond donors (Lipinski definition) is 2. The Hall–Kier alpha value is -2.77. The van der Waals surface area contributed by atoms with Gasteiger partial charge in [-0.15, -0.1) is 5.10 Å². The van der Waals surface area contributed by atoms with Gasteiger partial charge in [0.05, 0.1) is 5.75 Å². The molecule has 0 aliphatic rings. The number of aryl methyl sites for hydroxylation is 1. The van der Waals surface area contributed by atoms with E-state index in [1.807, 2.05) is 42.1 Å². The van der Waals surface area contributed by atoms with Crippen LogP contribution in [-0.2, 0) is 11.8 Å². The fourth-order valence-electron chi connectivity index (χ4n) is 3.04. The van der Waals surface area contributed by atoms with Crippen molar-refractivity contribution in [2.24, 2.45) is 7.05 Å². The lowest BCUT2D eigenvalue weighted by Crippen LogP contribution is -1.99. The monoisotopic (exact) mass is 432 g/mol. The topological polar surface area (TPSA) is 83.8 Å². The van der Waals surface area contributed by atoms with Crippen LogP contribution in [0.2, 0.25) is 0 Å². The summed E-state index contributed by atoms with van der Waals surface area (Å²) < 4.78 is 29.1. The number of carboxylic acids is 1. The predicted octanol–water partition coefficient (Wildman–Crippen LogP) is 4.68. The van der Waals surface area contributed by atoms with Crippen LogP contribution in [0.25, 0.3) is 33.4 Å². The number of carboxylic acid groups (broad SMARTS) is 1. The summed E-state index contributed by atoms with van der Waals surface area (Å²) in [7, 11) is -1.35. The first-order chi connectivity index (χ1) is 13.9.